The van der Waals surface area contributed by atoms with E-state index in [1.165, 1.54) is 32.1 Å². The first-order valence-electron chi connectivity index (χ1n) is 26.5. The molecule has 0 saturated heterocycles. The first kappa shape index (κ1) is 52.6. The third-order valence-corrected chi connectivity index (χ3v) is 17.2. The molecule has 4 saturated carbocycles. The van der Waals surface area contributed by atoms with E-state index in [2.05, 4.69) is 45.0 Å². The minimum atomic E-state index is -0.944. The van der Waals surface area contributed by atoms with Crippen molar-refractivity contribution in [1.29, 1.82) is 0 Å². The molecule has 69 heavy (non-hydrogen) atoms. The molecule has 10 nitrogen and oxygen atoms in total. The summed E-state index contributed by atoms with van der Waals surface area (Å²) in [6.07, 6.45) is 10.5. The second kappa shape index (κ2) is 20.5. The van der Waals surface area contributed by atoms with Crippen LogP contribution in [-0.2, 0) is 47.7 Å². The van der Waals surface area contributed by atoms with Gasteiger partial charge in [-0.25, -0.2) is 0 Å². The Hall–Kier alpha value is -4.21. The van der Waals surface area contributed by atoms with E-state index < -0.39 is 58.5 Å². The Morgan fingerprint density at radius 3 is 1.78 bits per heavy atom. The second-order valence-electron chi connectivity index (χ2n) is 25.3. The molecule has 0 amide bonds. The van der Waals surface area contributed by atoms with Crippen LogP contribution < -0.4 is 0 Å². The largest absolute Gasteiger partial charge is 0.465 e. The number of carbonyl (C=O) groups is 5. The molecule has 0 heterocycles. The Balaban J connectivity index is 0.961. The SMILES string of the molecule is C[C@H](CCC(C(=O)OC(C)(C)C)C(=O)OC(C)(C)C)C1CCC2C3CCC4C[C@H](OC(=O)[C@@H](CCC(=O)OC(C)(C)C)CC(=O)OCC5c6ccccc6-c6ccccc65)CC[C@]4(C)C3CC[C@@]21C. The lowest BCUT2D eigenvalue weighted by molar-refractivity contribution is -0.175. The minimum absolute atomic E-state index is 0.000523. The zero-order chi connectivity index (χ0) is 50.3. The molecule has 5 unspecified atom stereocenters. The molecule has 2 aromatic rings. The van der Waals surface area contributed by atoms with E-state index >= 15 is 0 Å². The highest BCUT2D eigenvalue weighted by Crippen LogP contribution is 2.68. The van der Waals surface area contributed by atoms with E-state index in [1.807, 2.05) is 86.6 Å². The van der Waals surface area contributed by atoms with Gasteiger partial charge in [0.15, 0.2) is 5.92 Å². The molecule has 0 N–H and O–H groups in total. The fourth-order valence-corrected chi connectivity index (χ4v) is 14.1. The van der Waals surface area contributed by atoms with Gasteiger partial charge in [-0.15, -0.1) is 0 Å². The average Bonchev–Trinajstić information content (AvgIpc) is 3.77. The van der Waals surface area contributed by atoms with E-state index in [1.54, 1.807) is 0 Å². The van der Waals surface area contributed by atoms with Gasteiger partial charge in [0, 0.05) is 12.3 Å². The Bertz CT molecular complexity index is 2120. The summed E-state index contributed by atoms with van der Waals surface area (Å²) in [4.78, 5) is 67.5. The second-order valence-corrected chi connectivity index (χ2v) is 25.3. The van der Waals surface area contributed by atoms with Crippen molar-refractivity contribution in [3.8, 4) is 11.1 Å². The maximum atomic E-state index is 14.2. The van der Waals surface area contributed by atoms with Crippen LogP contribution in [-0.4, -0.2) is 59.4 Å². The van der Waals surface area contributed by atoms with E-state index in [9.17, 15) is 24.0 Å². The van der Waals surface area contributed by atoms with Crippen molar-refractivity contribution in [2.24, 2.45) is 58.2 Å². The highest BCUT2D eigenvalue weighted by molar-refractivity contribution is 5.95. The highest BCUT2D eigenvalue weighted by Gasteiger charge is 2.61. The average molecular weight is 953 g/mol. The molecular formula is C59H84O10. The van der Waals surface area contributed by atoms with Crippen molar-refractivity contribution in [3.05, 3.63) is 59.7 Å². The minimum Gasteiger partial charge on any atom is -0.465 e. The molecule has 0 bridgehead atoms. The lowest BCUT2D eigenvalue weighted by Crippen LogP contribution is -2.54. The van der Waals surface area contributed by atoms with Crippen molar-refractivity contribution >= 4 is 29.8 Å². The molecule has 0 radical (unpaired) electrons. The summed E-state index contributed by atoms with van der Waals surface area (Å²) in [5.41, 5.74) is 2.82. The molecule has 5 aliphatic rings. The summed E-state index contributed by atoms with van der Waals surface area (Å²) < 4.78 is 29.4. The normalized spacial score (nSPS) is 28.5. The van der Waals surface area contributed by atoms with Crippen molar-refractivity contribution in [3.63, 3.8) is 0 Å². The van der Waals surface area contributed by atoms with Gasteiger partial charge in [-0.05, 0) is 208 Å². The van der Waals surface area contributed by atoms with E-state index in [4.69, 9.17) is 23.7 Å². The standard InChI is InChI=1S/C59H84O10/c1-36(21-24-45(53(63)68-56(5,6)7)54(64)69-57(8,9)10)47-26-27-48-44-25-23-38-34-39(29-31-58(38,11)49(44)30-32-59(47,48)12)66-52(62)37(22-28-50(60)67-55(2,3)4)33-51(61)65-35-46-42-19-15-13-17-40(42)41-18-14-16-20-43(41)46/h13-20,36-39,44-49H,21-35H2,1-12H3/t36-,37+,38?,39-,44?,47?,48?,49?,58+,59-/m1/s1. The van der Waals surface area contributed by atoms with Crippen LogP contribution in [0.2, 0.25) is 0 Å². The van der Waals surface area contributed by atoms with Crippen LogP contribution in [0.15, 0.2) is 48.5 Å². The van der Waals surface area contributed by atoms with Gasteiger partial charge in [0.2, 0.25) is 0 Å². The van der Waals surface area contributed by atoms with Crippen LogP contribution in [0.25, 0.3) is 11.1 Å². The molecular weight excluding hydrogens is 869 g/mol. The van der Waals surface area contributed by atoms with Gasteiger partial charge < -0.3 is 23.7 Å². The Morgan fingerprint density at radius 1 is 0.623 bits per heavy atom. The summed E-state index contributed by atoms with van der Waals surface area (Å²) >= 11 is 0. The monoisotopic (exact) mass is 953 g/mol. The lowest BCUT2D eigenvalue weighted by atomic mass is 9.44. The summed E-state index contributed by atoms with van der Waals surface area (Å²) in [5, 5.41) is 0. The van der Waals surface area contributed by atoms with Gasteiger partial charge in [-0.1, -0.05) is 69.3 Å². The van der Waals surface area contributed by atoms with Crippen LogP contribution in [0.3, 0.4) is 0 Å². The molecule has 0 spiro atoms. The summed E-state index contributed by atoms with van der Waals surface area (Å²) in [7, 11) is 0. The topological polar surface area (TPSA) is 132 Å². The summed E-state index contributed by atoms with van der Waals surface area (Å²) in [6, 6.07) is 16.4. The third kappa shape index (κ3) is 12.1. The number of rotatable bonds is 15. The molecule has 2 aromatic carbocycles. The maximum Gasteiger partial charge on any atom is 0.320 e. The predicted molar refractivity (Wildman–Crippen MR) is 267 cm³/mol. The van der Waals surface area contributed by atoms with E-state index in [-0.39, 0.29) is 48.7 Å². The summed E-state index contributed by atoms with van der Waals surface area (Å²) in [5.74, 6) is -1.00. The number of ether oxygens (including phenoxy) is 5. The number of benzene rings is 2. The third-order valence-electron chi connectivity index (χ3n) is 17.2. The van der Waals surface area contributed by atoms with Gasteiger partial charge in [0.25, 0.3) is 0 Å². The number of esters is 5. The fourth-order valence-electron chi connectivity index (χ4n) is 14.1. The van der Waals surface area contributed by atoms with E-state index in [0.717, 1.165) is 54.4 Å². The van der Waals surface area contributed by atoms with Crippen LogP contribution >= 0.6 is 0 Å². The van der Waals surface area contributed by atoms with Gasteiger partial charge in [0.05, 0.1) is 12.3 Å². The quantitative estimate of drug-likeness (QED) is 0.0965. The first-order chi connectivity index (χ1) is 32.3. The number of hydrogen-bond acceptors (Lipinski definition) is 10. The maximum absolute atomic E-state index is 14.2. The Labute approximate surface area is 413 Å². The van der Waals surface area contributed by atoms with Crippen LogP contribution in [0.4, 0.5) is 0 Å². The molecule has 10 heteroatoms. The van der Waals surface area contributed by atoms with Crippen LogP contribution in [0, 0.1) is 58.2 Å². The van der Waals surface area contributed by atoms with Crippen molar-refractivity contribution in [2.75, 3.05) is 6.61 Å². The lowest BCUT2D eigenvalue weighted by Gasteiger charge is -2.61. The zero-order valence-electron chi connectivity index (χ0n) is 44.1. The predicted octanol–water partition coefficient (Wildman–Crippen LogP) is 12.8. The van der Waals surface area contributed by atoms with Crippen molar-refractivity contribution < 1.29 is 47.7 Å². The van der Waals surface area contributed by atoms with Gasteiger partial charge in [-0.2, -0.15) is 0 Å². The Kier molecular flexibility index (Phi) is 15.6. The zero-order valence-corrected chi connectivity index (χ0v) is 44.1. The molecule has 10 atom stereocenters. The number of hydrogen-bond donors (Lipinski definition) is 0. The fraction of sp³-hybridized carbons (Fsp3) is 0.712. The van der Waals surface area contributed by atoms with Gasteiger partial charge in [0.1, 0.15) is 29.5 Å². The number of carbonyl (C=O) groups excluding carboxylic acids is 5. The molecule has 5 aliphatic carbocycles. The molecule has 0 aliphatic heterocycles. The highest BCUT2D eigenvalue weighted by atomic mass is 16.6. The molecule has 380 valence electrons. The van der Waals surface area contributed by atoms with Crippen LogP contribution in [0.1, 0.15) is 190 Å². The van der Waals surface area contributed by atoms with E-state index in [0.29, 0.717) is 41.9 Å². The van der Waals surface area contributed by atoms with Gasteiger partial charge in [-0.3, -0.25) is 24.0 Å². The van der Waals surface area contributed by atoms with Gasteiger partial charge >= 0.3 is 29.8 Å². The van der Waals surface area contributed by atoms with Crippen molar-refractivity contribution in [1.82, 2.24) is 0 Å². The van der Waals surface area contributed by atoms with Crippen molar-refractivity contribution in [2.45, 2.75) is 202 Å². The number of fused-ring (bicyclic) bond motifs is 8. The molecule has 4 fully saturated rings. The first-order valence-corrected chi connectivity index (χ1v) is 26.5. The smallest absolute Gasteiger partial charge is 0.320 e. The molecule has 7 rings (SSSR count). The molecule has 0 aromatic heterocycles. The van der Waals surface area contributed by atoms with Crippen LogP contribution in [0.5, 0.6) is 0 Å². The summed E-state index contributed by atoms with van der Waals surface area (Å²) in [6.45, 7) is 24.0. The Morgan fingerprint density at radius 2 is 1.19 bits per heavy atom.